The molecule has 0 heterocycles. The first-order valence-electron chi connectivity index (χ1n) is 8.18. The molecule has 0 aliphatic heterocycles. The second-order valence-electron chi connectivity index (χ2n) is 5.90. The van der Waals surface area contributed by atoms with Gasteiger partial charge in [-0.3, -0.25) is 4.79 Å². The van der Waals surface area contributed by atoms with E-state index < -0.39 is 17.7 Å². The van der Waals surface area contributed by atoms with Crippen molar-refractivity contribution < 1.29 is 19.4 Å². The quantitative estimate of drug-likeness (QED) is 0.453. The lowest BCUT2D eigenvalue weighted by Crippen LogP contribution is -2.39. The standard InChI is InChI=1S/C17H31NO4/c1-5-7-9-11-17(4,21)12-10-15(14(3)19)18-16(20)22-13-8-6-2/h10,12,15,21H,5-9,11,13H2,1-4H3,(H,18,20)/b12-10+. The van der Waals surface area contributed by atoms with Crippen molar-refractivity contribution in [2.75, 3.05) is 6.61 Å². The van der Waals surface area contributed by atoms with Crippen molar-refractivity contribution in [2.45, 2.75) is 77.9 Å². The molecule has 0 saturated heterocycles. The Morgan fingerprint density at radius 3 is 2.41 bits per heavy atom. The molecule has 0 aromatic heterocycles. The van der Waals surface area contributed by atoms with Gasteiger partial charge in [-0.05, 0) is 26.7 Å². The van der Waals surface area contributed by atoms with E-state index in [4.69, 9.17) is 4.74 Å². The lowest BCUT2D eigenvalue weighted by atomic mass is 9.96. The summed E-state index contributed by atoms with van der Waals surface area (Å²) in [6, 6.07) is -0.772. The largest absolute Gasteiger partial charge is 0.450 e. The molecule has 2 atom stereocenters. The van der Waals surface area contributed by atoms with Crippen LogP contribution in [0.2, 0.25) is 0 Å². The Bertz CT molecular complexity index is 364. The maximum Gasteiger partial charge on any atom is 0.407 e. The van der Waals surface area contributed by atoms with E-state index >= 15 is 0 Å². The van der Waals surface area contributed by atoms with Crippen molar-refractivity contribution in [1.29, 1.82) is 0 Å². The van der Waals surface area contributed by atoms with Crippen molar-refractivity contribution in [3.05, 3.63) is 12.2 Å². The number of ketones is 1. The van der Waals surface area contributed by atoms with E-state index in [1.54, 1.807) is 13.0 Å². The van der Waals surface area contributed by atoms with E-state index in [-0.39, 0.29) is 5.78 Å². The number of unbranched alkanes of at least 4 members (excludes halogenated alkanes) is 3. The maximum absolute atomic E-state index is 11.6. The first kappa shape index (κ1) is 20.6. The highest BCUT2D eigenvalue weighted by Crippen LogP contribution is 2.16. The normalized spacial score (nSPS) is 15.3. The molecule has 2 unspecified atom stereocenters. The summed E-state index contributed by atoms with van der Waals surface area (Å²) in [5, 5.41) is 12.7. The number of aliphatic hydroxyl groups is 1. The van der Waals surface area contributed by atoms with Gasteiger partial charge in [-0.15, -0.1) is 0 Å². The van der Waals surface area contributed by atoms with Gasteiger partial charge in [0, 0.05) is 0 Å². The average Bonchev–Trinajstić information content (AvgIpc) is 2.43. The molecule has 2 N–H and O–H groups in total. The molecule has 0 aliphatic carbocycles. The number of carbonyl (C=O) groups excluding carboxylic acids is 2. The van der Waals surface area contributed by atoms with Crippen LogP contribution in [-0.4, -0.2) is 35.2 Å². The van der Waals surface area contributed by atoms with Crippen molar-refractivity contribution in [1.82, 2.24) is 5.32 Å². The number of ether oxygens (including phenoxy) is 1. The van der Waals surface area contributed by atoms with E-state index in [1.165, 1.54) is 13.0 Å². The summed E-state index contributed by atoms with van der Waals surface area (Å²) in [6.07, 6.45) is 7.93. The summed E-state index contributed by atoms with van der Waals surface area (Å²) in [5.41, 5.74) is -0.976. The van der Waals surface area contributed by atoms with Gasteiger partial charge >= 0.3 is 6.09 Å². The van der Waals surface area contributed by atoms with Gasteiger partial charge < -0.3 is 15.2 Å². The van der Waals surface area contributed by atoms with Crippen LogP contribution in [0, 0.1) is 0 Å². The molecule has 0 aliphatic rings. The lowest BCUT2D eigenvalue weighted by molar-refractivity contribution is -0.117. The van der Waals surface area contributed by atoms with Crippen LogP contribution in [0.15, 0.2) is 12.2 Å². The molecular formula is C17H31NO4. The van der Waals surface area contributed by atoms with Crippen LogP contribution in [0.1, 0.15) is 66.2 Å². The Balaban J connectivity index is 4.46. The molecule has 0 rings (SSSR count). The number of nitrogens with one attached hydrogen (secondary N) is 1. The van der Waals surface area contributed by atoms with Crippen molar-refractivity contribution in [2.24, 2.45) is 0 Å². The number of hydrogen-bond acceptors (Lipinski definition) is 4. The molecule has 0 radical (unpaired) electrons. The maximum atomic E-state index is 11.6. The molecule has 5 nitrogen and oxygen atoms in total. The SMILES string of the molecule is CCCCCC(C)(O)/C=C/C(NC(=O)OCCCC)C(C)=O. The molecule has 5 heteroatoms. The monoisotopic (exact) mass is 313 g/mol. The lowest BCUT2D eigenvalue weighted by Gasteiger charge is -2.20. The van der Waals surface area contributed by atoms with Crippen LogP contribution in [0.5, 0.6) is 0 Å². The highest BCUT2D eigenvalue weighted by Gasteiger charge is 2.19. The molecule has 0 fully saturated rings. The number of hydrogen-bond donors (Lipinski definition) is 2. The minimum atomic E-state index is -0.976. The molecule has 128 valence electrons. The second-order valence-corrected chi connectivity index (χ2v) is 5.90. The molecule has 0 aromatic rings. The van der Waals surface area contributed by atoms with Crippen LogP contribution < -0.4 is 5.32 Å². The van der Waals surface area contributed by atoms with Gasteiger partial charge in [0.15, 0.2) is 5.78 Å². The van der Waals surface area contributed by atoms with Gasteiger partial charge in [-0.2, -0.15) is 0 Å². The average molecular weight is 313 g/mol. The zero-order valence-electron chi connectivity index (χ0n) is 14.4. The highest BCUT2D eigenvalue weighted by molar-refractivity contribution is 5.87. The molecule has 0 saturated carbocycles. The Labute approximate surface area is 134 Å². The van der Waals surface area contributed by atoms with Crippen molar-refractivity contribution in [3.8, 4) is 0 Å². The summed E-state index contributed by atoms with van der Waals surface area (Å²) in [5.74, 6) is -0.201. The van der Waals surface area contributed by atoms with Crippen LogP contribution in [0.25, 0.3) is 0 Å². The number of amides is 1. The van der Waals surface area contributed by atoms with E-state index in [0.717, 1.165) is 32.1 Å². The van der Waals surface area contributed by atoms with Crippen molar-refractivity contribution >= 4 is 11.9 Å². The van der Waals surface area contributed by atoms with Gasteiger partial charge in [0.05, 0.1) is 12.2 Å². The highest BCUT2D eigenvalue weighted by atomic mass is 16.5. The van der Waals surface area contributed by atoms with Crippen LogP contribution in [0.4, 0.5) is 4.79 Å². The Morgan fingerprint density at radius 1 is 1.23 bits per heavy atom. The Morgan fingerprint density at radius 2 is 1.86 bits per heavy atom. The molecule has 0 bridgehead atoms. The molecule has 22 heavy (non-hydrogen) atoms. The summed E-state index contributed by atoms with van der Waals surface area (Å²) in [6.45, 7) is 7.54. The first-order chi connectivity index (χ1) is 10.3. The van der Waals surface area contributed by atoms with Gasteiger partial charge in [0.25, 0.3) is 0 Å². The fraction of sp³-hybridized carbons (Fsp3) is 0.765. The molecule has 1 amide bonds. The first-order valence-corrected chi connectivity index (χ1v) is 8.18. The number of alkyl carbamates (subject to hydrolysis) is 1. The topological polar surface area (TPSA) is 75.6 Å². The van der Waals surface area contributed by atoms with Crippen molar-refractivity contribution in [3.63, 3.8) is 0 Å². The predicted octanol–water partition coefficient (Wildman–Crippen LogP) is 3.36. The zero-order valence-corrected chi connectivity index (χ0v) is 14.4. The molecule has 0 aromatic carbocycles. The van der Waals surface area contributed by atoms with Crippen LogP contribution in [-0.2, 0) is 9.53 Å². The van der Waals surface area contributed by atoms with Gasteiger partial charge in [-0.1, -0.05) is 51.7 Å². The second kappa shape index (κ2) is 11.2. The summed E-state index contributed by atoms with van der Waals surface area (Å²) >= 11 is 0. The van der Waals surface area contributed by atoms with Crippen LogP contribution in [0.3, 0.4) is 0 Å². The third kappa shape index (κ3) is 10.4. The Hall–Kier alpha value is -1.36. The van der Waals surface area contributed by atoms with E-state index in [2.05, 4.69) is 12.2 Å². The number of carbonyl (C=O) groups is 2. The number of rotatable bonds is 11. The smallest absolute Gasteiger partial charge is 0.407 e. The minimum Gasteiger partial charge on any atom is -0.450 e. The van der Waals surface area contributed by atoms with E-state index in [9.17, 15) is 14.7 Å². The molecule has 0 spiro atoms. The third-order valence-electron chi connectivity index (χ3n) is 3.38. The zero-order chi connectivity index (χ0) is 17.0. The fourth-order valence-electron chi connectivity index (χ4n) is 1.88. The third-order valence-corrected chi connectivity index (χ3v) is 3.38. The van der Waals surface area contributed by atoms with E-state index in [0.29, 0.717) is 13.0 Å². The minimum absolute atomic E-state index is 0.201. The Kier molecular flexibility index (Phi) is 10.5. The van der Waals surface area contributed by atoms with Crippen LogP contribution >= 0.6 is 0 Å². The van der Waals surface area contributed by atoms with E-state index in [1.807, 2.05) is 6.92 Å². The summed E-state index contributed by atoms with van der Waals surface area (Å²) in [7, 11) is 0. The molecular weight excluding hydrogens is 282 g/mol. The summed E-state index contributed by atoms with van der Waals surface area (Å²) < 4.78 is 4.98. The summed E-state index contributed by atoms with van der Waals surface area (Å²) in [4.78, 5) is 23.2. The number of Topliss-reactive ketones (excluding diaryl/α,β-unsaturated/α-hetero) is 1. The van der Waals surface area contributed by atoms with Gasteiger partial charge in [0.2, 0.25) is 0 Å². The van der Waals surface area contributed by atoms with Gasteiger partial charge in [-0.25, -0.2) is 4.79 Å². The predicted molar refractivity (Wildman–Crippen MR) is 87.8 cm³/mol. The fourth-order valence-corrected chi connectivity index (χ4v) is 1.88. The van der Waals surface area contributed by atoms with Gasteiger partial charge in [0.1, 0.15) is 6.04 Å².